The SMILES string of the molecule is CCC1CCC2(CC1)CCN(CCC1CCNCC1)CC2.O=C(O)CC1CCC2(CC1)CCN(CCC1CCNCC1)CC2. The molecule has 2 saturated carbocycles. The van der Waals surface area contributed by atoms with Crippen LogP contribution in [-0.2, 0) is 4.79 Å². The molecule has 6 nitrogen and oxygen atoms in total. The van der Waals surface area contributed by atoms with Gasteiger partial charge in [0.25, 0.3) is 0 Å². The molecule has 2 aliphatic carbocycles. The first-order valence-electron chi connectivity index (χ1n) is 19.5. The van der Waals surface area contributed by atoms with E-state index in [-0.39, 0.29) is 0 Å². The highest BCUT2D eigenvalue weighted by molar-refractivity contribution is 5.67. The Labute approximate surface area is 271 Å². The molecule has 44 heavy (non-hydrogen) atoms. The molecule has 3 N–H and O–H groups in total. The van der Waals surface area contributed by atoms with Crippen molar-refractivity contribution in [3.63, 3.8) is 0 Å². The first-order valence-corrected chi connectivity index (χ1v) is 19.5. The lowest BCUT2D eigenvalue weighted by molar-refractivity contribution is -0.138. The van der Waals surface area contributed by atoms with E-state index in [0.717, 1.165) is 36.0 Å². The molecule has 4 saturated heterocycles. The predicted molar refractivity (Wildman–Crippen MR) is 183 cm³/mol. The Bertz CT molecular complexity index is 803. The van der Waals surface area contributed by atoms with Gasteiger partial charge in [-0.1, -0.05) is 13.3 Å². The number of rotatable bonds is 9. The van der Waals surface area contributed by atoms with E-state index >= 15 is 0 Å². The predicted octanol–water partition coefficient (Wildman–Crippen LogP) is 7.18. The molecule has 0 unspecified atom stereocenters. The lowest BCUT2D eigenvalue weighted by atomic mass is 9.65. The Kier molecular flexibility index (Phi) is 13.7. The van der Waals surface area contributed by atoms with Gasteiger partial charge in [-0.15, -0.1) is 0 Å². The lowest BCUT2D eigenvalue weighted by Crippen LogP contribution is -2.43. The van der Waals surface area contributed by atoms with Crippen molar-refractivity contribution in [3.8, 4) is 0 Å². The van der Waals surface area contributed by atoms with E-state index in [2.05, 4.69) is 27.4 Å². The number of aliphatic carboxylic acids is 1. The number of nitrogens with one attached hydrogen (secondary N) is 2. The Balaban J connectivity index is 0.000000175. The summed E-state index contributed by atoms with van der Waals surface area (Å²) >= 11 is 0. The van der Waals surface area contributed by atoms with Gasteiger partial charge in [-0.2, -0.15) is 0 Å². The molecular formula is C38H70N4O2. The fourth-order valence-corrected chi connectivity index (χ4v) is 10.0. The van der Waals surface area contributed by atoms with Crippen LogP contribution in [0, 0.1) is 34.5 Å². The second kappa shape index (κ2) is 17.5. The Morgan fingerprint density at radius 2 is 0.977 bits per heavy atom. The minimum absolute atomic E-state index is 0.387. The smallest absolute Gasteiger partial charge is 0.303 e. The van der Waals surface area contributed by atoms with Crippen molar-refractivity contribution in [1.82, 2.24) is 20.4 Å². The Hall–Kier alpha value is -0.690. The molecule has 0 atom stereocenters. The molecule has 0 aromatic rings. The molecule has 0 bridgehead atoms. The van der Waals surface area contributed by atoms with Crippen LogP contribution in [0.3, 0.4) is 0 Å². The topological polar surface area (TPSA) is 67.8 Å². The quantitative estimate of drug-likeness (QED) is 0.256. The van der Waals surface area contributed by atoms with Crippen molar-refractivity contribution in [2.45, 2.75) is 135 Å². The van der Waals surface area contributed by atoms with Crippen molar-refractivity contribution in [3.05, 3.63) is 0 Å². The minimum Gasteiger partial charge on any atom is -0.481 e. The number of hydrogen-bond acceptors (Lipinski definition) is 5. The molecule has 6 heteroatoms. The fourth-order valence-electron chi connectivity index (χ4n) is 10.0. The fraction of sp³-hybridized carbons (Fsp3) is 0.974. The van der Waals surface area contributed by atoms with Crippen LogP contribution < -0.4 is 10.6 Å². The summed E-state index contributed by atoms with van der Waals surface area (Å²) in [5, 5.41) is 15.9. The number of nitrogens with zero attached hydrogens (tertiary/aromatic N) is 2. The largest absolute Gasteiger partial charge is 0.481 e. The molecule has 0 aromatic carbocycles. The van der Waals surface area contributed by atoms with Crippen LogP contribution in [0.2, 0.25) is 0 Å². The molecule has 2 spiro atoms. The zero-order valence-corrected chi connectivity index (χ0v) is 28.8. The van der Waals surface area contributed by atoms with Gasteiger partial charge in [0.05, 0.1) is 0 Å². The number of hydrogen-bond donors (Lipinski definition) is 3. The molecule has 4 aliphatic heterocycles. The van der Waals surface area contributed by atoms with E-state index in [4.69, 9.17) is 5.11 Å². The second-order valence-corrected chi connectivity index (χ2v) is 16.5. The van der Waals surface area contributed by atoms with Crippen LogP contribution in [0.1, 0.15) is 135 Å². The summed E-state index contributed by atoms with van der Waals surface area (Å²) in [5.41, 5.74) is 1.32. The van der Waals surface area contributed by atoms with Crippen LogP contribution >= 0.6 is 0 Å². The first kappa shape index (κ1) is 34.6. The Morgan fingerprint density at radius 1 is 0.591 bits per heavy atom. The van der Waals surface area contributed by atoms with E-state index in [1.807, 2.05) is 0 Å². The summed E-state index contributed by atoms with van der Waals surface area (Å²) in [6.07, 6.45) is 26.8. The van der Waals surface area contributed by atoms with Crippen molar-refractivity contribution < 1.29 is 9.90 Å². The van der Waals surface area contributed by atoms with E-state index in [9.17, 15) is 4.79 Å². The van der Waals surface area contributed by atoms with Crippen molar-refractivity contribution >= 4 is 5.97 Å². The molecule has 254 valence electrons. The standard InChI is InChI=1S/C19H34N2O2.C19H36N2/c22-18(23)15-17-1-6-19(7-2-17)8-13-21(14-9-19)12-5-16-3-10-20-11-4-16;1-2-17-3-8-19(9-4-17)10-15-21(16-11-19)14-7-18-5-12-20-13-6-18/h16-17,20H,1-15H2,(H,22,23);17-18,20H,2-16H2,1H3. The van der Waals surface area contributed by atoms with Crippen molar-refractivity contribution in [1.29, 1.82) is 0 Å². The molecule has 0 amide bonds. The maximum Gasteiger partial charge on any atom is 0.303 e. The maximum absolute atomic E-state index is 10.9. The number of carbonyl (C=O) groups is 1. The Morgan fingerprint density at radius 3 is 1.34 bits per heavy atom. The van der Waals surface area contributed by atoms with Crippen LogP contribution in [0.25, 0.3) is 0 Å². The zero-order valence-electron chi connectivity index (χ0n) is 28.8. The number of carboxylic acids is 1. The molecule has 4 heterocycles. The van der Waals surface area contributed by atoms with E-state index < -0.39 is 5.97 Å². The highest BCUT2D eigenvalue weighted by Crippen LogP contribution is 2.48. The van der Waals surface area contributed by atoms with Crippen LogP contribution in [0.15, 0.2) is 0 Å². The third-order valence-corrected chi connectivity index (χ3v) is 13.8. The molecule has 6 fully saturated rings. The minimum atomic E-state index is -0.612. The van der Waals surface area contributed by atoms with E-state index in [1.165, 1.54) is 175 Å². The summed E-state index contributed by atoms with van der Waals surface area (Å²) in [6.45, 7) is 15.3. The van der Waals surface area contributed by atoms with E-state index in [0.29, 0.717) is 17.8 Å². The van der Waals surface area contributed by atoms with Gasteiger partial charge in [0.2, 0.25) is 0 Å². The van der Waals surface area contributed by atoms with Gasteiger partial charge in [-0.05, 0) is 216 Å². The normalized spacial score (nSPS) is 29.3. The number of carboxylic acid groups (broad SMARTS) is 1. The van der Waals surface area contributed by atoms with Crippen molar-refractivity contribution in [2.24, 2.45) is 34.5 Å². The zero-order chi connectivity index (χ0) is 30.7. The van der Waals surface area contributed by atoms with E-state index in [1.54, 1.807) is 0 Å². The molecular weight excluding hydrogens is 544 g/mol. The summed E-state index contributed by atoms with van der Waals surface area (Å²) in [5.74, 6) is 2.82. The number of likely N-dealkylation sites (tertiary alicyclic amines) is 2. The van der Waals surface area contributed by atoms with Gasteiger partial charge in [-0.3, -0.25) is 4.79 Å². The van der Waals surface area contributed by atoms with Crippen LogP contribution in [0.5, 0.6) is 0 Å². The van der Waals surface area contributed by atoms with Crippen molar-refractivity contribution in [2.75, 3.05) is 65.4 Å². The van der Waals surface area contributed by atoms with Gasteiger partial charge >= 0.3 is 5.97 Å². The monoisotopic (exact) mass is 615 g/mol. The number of piperidine rings is 4. The third-order valence-electron chi connectivity index (χ3n) is 13.8. The van der Waals surface area contributed by atoms with Gasteiger partial charge in [-0.25, -0.2) is 0 Å². The molecule has 0 aromatic heterocycles. The average Bonchev–Trinajstić information content (AvgIpc) is 3.07. The van der Waals surface area contributed by atoms with Gasteiger partial charge in [0.15, 0.2) is 0 Å². The van der Waals surface area contributed by atoms with Crippen LogP contribution in [0.4, 0.5) is 0 Å². The average molecular weight is 615 g/mol. The first-order chi connectivity index (χ1) is 21.4. The summed E-state index contributed by atoms with van der Waals surface area (Å²) in [4.78, 5) is 16.3. The molecule has 0 radical (unpaired) electrons. The third kappa shape index (κ3) is 10.7. The second-order valence-electron chi connectivity index (χ2n) is 16.5. The van der Waals surface area contributed by atoms with Gasteiger partial charge < -0.3 is 25.5 Å². The molecule has 6 aliphatic rings. The maximum atomic E-state index is 10.9. The highest BCUT2D eigenvalue weighted by Gasteiger charge is 2.39. The van der Waals surface area contributed by atoms with Gasteiger partial charge in [0, 0.05) is 6.42 Å². The molecule has 6 rings (SSSR count). The lowest BCUT2D eigenvalue weighted by Gasteiger charge is -2.46. The summed E-state index contributed by atoms with van der Waals surface area (Å²) < 4.78 is 0. The summed E-state index contributed by atoms with van der Waals surface area (Å²) in [6, 6.07) is 0. The van der Waals surface area contributed by atoms with Crippen LogP contribution in [-0.4, -0.2) is 86.3 Å². The highest BCUT2D eigenvalue weighted by atomic mass is 16.4. The van der Waals surface area contributed by atoms with Gasteiger partial charge in [0.1, 0.15) is 0 Å². The summed E-state index contributed by atoms with van der Waals surface area (Å²) in [7, 11) is 0.